The molecule has 0 saturated heterocycles. The van der Waals surface area contributed by atoms with Crippen molar-refractivity contribution in [2.24, 2.45) is 0 Å². The molecular weight excluding hydrogens is 242 g/mol. The summed E-state index contributed by atoms with van der Waals surface area (Å²) in [5.41, 5.74) is 1.13. The lowest BCUT2D eigenvalue weighted by Gasteiger charge is -2.15. The van der Waals surface area contributed by atoms with Crippen LogP contribution in [-0.4, -0.2) is 9.19 Å². The first-order valence-corrected chi connectivity index (χ1v) is 7.40. The van der Waals surface area contributed by atoms with E-state index in [1.165, 1.54) is 0 Å². The Hall–Kier alpha value is -1.48. The number of rotatable bonds is 5. The molecule has 1 heterocycles. The van der Waals surface area contributed by atoms with Crippen molar-refractivity contribution >= 4 is 10.8 Å². The van der Waals surface area contributed by atoms with E-state index in [4.69, 9.17) is 0 Å². The SMILES string of the molecule is CCC[C@@H](c1ccccc1)S(=O)c1ccccn1. The second-order valence-corrected chi connectivity index (χ2v) is 5.74. The van der Waals surface area contributed by atoms with Crippen molar-refractivity contribution < 1.29 is 4.21 Å². The first kappa shape index (κ1) is 13.0. The number of hydrogen-bond donors (Lipinski definition) is 0. The van der Waals surface area contributed by atoms with Gasteiger partial charge in [0.25, 0.3) is 0 Å². The van der Waals surface area contributed by atoms with Gasteiger partial charge in [0, 0.05) is 6.20 Å². The van der Waals surface area contributed by atoms with E-state index in [0.717, 1.165) is 18.4 Å². The summed E-state index contributed by atoms with van der Waals surface area (Å²) in [6, 6.07) is 15.6. The highest BCUT2D eigenvalue weighted by atomic mass is 32.2. The topological polar surface area (TPSA) is 30.0 Å². The number of aromatic nitrogens is 1. The molecule has 1 aromatic heterocycles. The highest BCUT2D eigenvalue weighted by Gasteiger charge is 2.20. The fraction of sp³-hybridized carbons (Fsp3) is 0.267. The van der Waals surface area contributed by atoms with Gasteiger partial charge in [-0.25, -0.2) is 4.98 Å². The molecule has 2 nitrogen and oxygen atoms in total. The Labute approximate surface area is 111 Å². The molecule has 2 atom stereocenters. The molecule has 0 aliphatic heterocycles. The average Bonchev–Trinajstić information content (AvgIpc) is 2.46. The van der Waals surface area contributed by atoms with Crippen LogP contribution in [-0.2, 0) is 10.8 Å². The predicted molar refractivity (Wildman–Crippen MR) is 74.7 cm³/mol. The van der Waals surface area contributed by atoms with Crippen LogP contribution in [0.4, 0.5) is 0 Å². The Morgan fingerprint density at radius 3 is 2.44 bits per heavy atom. The van der Waals surface area contributed by atoms with Gasteiger partial charge in [-0.2, -0.15) is 0 Å². The van der Waals surface area contributed by atoms with Gasteiger partial charge in [-0.3, -0.25) is 4.21 Å². The molecule has 0 N–H and O–H groups in total. The minimum absolute atomic E-state index is 0.0334. The largest absolute Gasteiger partial charge is 0.252 e. The van der Waals surface area contributed by atoms with Gasteiger partial charge >= 0.3 is 0 Å². The molecule has 2 aromatic rings. The van der Waals surface area contributed by atoms with Crippen LogP contribution >= 0.6 is 0 Å². The lowest BCUT2D eigenvalue weighted by Crippen LogP contribution is -2.08. The van der Waals surface area contributed by atoms with Crippen molar-refractivity contribution in [1.29, 1.82) is 0 Å². The van der Waals surface area contributed by atoms with Gasteiger partial charge < -0.3 is 0 Å². The van der Waals surface area contributed by atoms with Gasteiger partial charge in [0.05, 0.1) is 16.0 Å². The molecule has 3 heteroatoms. The lowest BCUT2D eigenvalue weighted by atomic mass is 10.1. The van der Waals surface area contributed by atoms with Crippen molar-refractivity contribution in [3.63, 3.8) is 0 Å². The van der Waals surface area contributed by atoms with Crippen LogP contribution < -0.4 is 0 Å². The van der Waals surface area contributed by atoms with Crippen LogP contribution in [0.15, 0.2) is 59.8 Å². The standard InChI is InChI=1S/C15H17NOS/c1-2-8-14(13-9-4-3-5-10-13)18(17)15-11-6-7-12-16-15/h3-7,9-12,14H,2,8H2,1H3/t14-,18?/m0/s1. The molecule has 18 heavy (non-hydrogen) atoms. The molecule has 0 fully saturated rings. The summed E-state index contributed by atoms with van der Waals surface area (Å²) in [5.74, 6) is 0. The van der Waals surface area contributed by atoms with E-state index in [1.54, 1.807) is 6.20 Å². The highest BCUT2D eigenvalue weighted by molar-refractivity contribution is 7.85. The van der Waals surface area contributed by atoms with Crippen LogP contribution in [0.5, 0.6) is 0 Å². The molecule has 0 saturated carbocycles. The van der Waals surface area contributed by atoms with Crippen LogP contribution in [0, 0.1) is 0 Å². The van der Waals surface area contributed by atoms with Crippen molar-refractivity contribution in [2.75, 3.05) is 0 Å². The zero-order valence-electron chi connectivity index (χ0n) is 10.5. The normalized spacial score (nSPS) is 14.1. The van der Waals surface area contributed by atoms with E-state index in [9.17, 15) is 4.21 Å². The summed E-state index contributed by atoms with van der Waals surface area (Å²) < 4.78 is 12.6. The first-order chi connectivity index (χ1) is 8.83. The smallest absolute Gasteiger partial charge is 0.127 e. The second kappa shape index (κ2) is 6.45. The lowest BCUT2D eigenvalue weighted by molar-refractivity contribution is 0.656. The Morgan fingerprint density at radius 2 is 1.83 bits per heavy atom. The molecule has 0 spiro atoms. The molecule has 0 aliphatic rings. The minimum Gasteiger partial charge on any atom is -0.252 e. The molecular formula is C15H17NOS. The van der Waals surface area contributed by atoms with Gasteiger partial charge in [-0.15, -0.1) is 0 Å². The van der Waals surface area contributed by atoms with E-state index in [2.05, 4.69) is 11.9 Å². The molecule has 1 aromatic carbocycles. The maximum Gasteiger partial charge on any atom is 0.127 e. The fourth-order valence-corrected chi connectivity index (χ4v) is 3.46. The molecule has 0 aliphatic carbocycles. The third-order valence-corrected chi connectivity index (χ3v) is 4.50. The Kier molecular flexibility index (Phi) is 4.65. The van der Waals surface area contributed by atoms with Crippen LogP contribution in [0.2, 0.25) is 0 Å². The Morgan fingerprint density at radius 1 is 1.11 bits per heavy atom. The van der Waals surface area contributed by atoms with Gasteiger partial charge in [0.15, 0.2) is 0 Å². The summed E-state index contributed by atoms with van der Waals surface area (Å²) in [4.78, 5) is 4.21. The molecule has 0 radical (unpaired) electrons. The predicted octanol–water partition coefficient (Wildman–Crippen LogP) is 3.73. The maximum absolute atomic E-state index is 12.6. The van der Waals surface area contributed by atoms with Crippen molar-refractivity contribution in [3.8, 4) is 0 Å². The molecule has 1 unspecified atom stereocenters. The van der Waals surface area contributed by atoms with Crippen LogP contribution in [0.3, 0.4) is 0 Å². The monoisotopic (exact) mass is 259 g/mol. The number of nitrogens with zero attached hydrogens (tertiary/aromatic N) is 1. The van der Waals surface area contributed by atoms with Gasteiger partial charge in [-0.05, 0) is 24.1 Å². The van der Waals surface area contributed by atoms with Crippen molar-refractivity contribution in [2.45, 2.75) is 30.0 Å². The number of benzene rings is 1. The number of hydrogen-bond acceptors (Lipinski definition) is 2. The second-order valence-electron chi connectivity index (χ2n) is 4.15. The fourth-order valence-electron chi connectivity index (χ4n) is 1.94. The van der Waals surface area contributed by atoms with Gasteiger partial charge in [0.2, 0.25) is 0 Å². The van der Waals surface area contributed by atoms with E-state index in [1.807, 2.05) is 48.5 Å². The summed E-state index contributed by atoms with van der Waals surface area (Å²) in [7, 11) is -1.08. The van der Waals surface area contributed by atoms with E-state index in [0.29, 0.717) is 5.03 Å². The third-order valence-electron chi connectivity index (χ3n) is 2.82. The summed E-state index contributed by atoms with van der Waals surface area (Å²) in [5, 5.41) is 0.700. The molecule has 2 rings (SSSR count). The van der Waals surface area contributed by atoms with Crippen molar-refractivity contribution in [3.05, 3.63) is 60.3 Å². The molecule has 94 valence electrons. The summed E-state index contributed by atoms with van der Waals surface area (Å²) in [6.45, 7) is 2.12. The highest BCUT2D eigenvalue weighted by Crippen LogP contribution is 2.28. The van der Waals surface area contributed by atoms with Crippen molar-refractivity contribution in [1.82, 2.24) is 4.98 Å². The Balaban J connectivity index is 2.29. The zero-order chi connectivity index (χ0) is 12.8. The zero-order valence-corrected chi connectivity index (χ0v) is 11.3. The maximum atomic E-state index is 12.6. The van der Waals surface area contributed by atoms with Gasteiger partial charge in [0.1, 0.15) is 5.03 Å². The Bertz CT molecular complexity index is 498. The van der Waals surface area contributed by atoms with Crippen LogP contribution in [0.25, 0.3) is 0 Å². The summed E-state index contributed by atoms with van der Waals surface area (Å²) in [6.07, 6.45) is 3.62. The quantitative estimate of drug-likeness (QED) is 0.819. The third kappa shape index (κ3) is 3.05. The van der Waals surface area contributed by atoms with E-state index in [-0.39, 0.29) is 5.25 Å². The van der Waals surface area contributed by atoms with E-state index >= 15 is 0 Å². The average molecular weight is 259 g/mol. The van der Waals surface area contributed by atoms with Gasteiger partial charge in [-0.1, -0.05) is 49.7 Å². The molecule has 0 bridgehead atoms. The minimum atomic E-state index is -1.08. The van der Waals surface area contributed by atoms with E-state index < -0.39 is 10.8 Å². The number of pyridine rings is 1. The summed E-state index contributed by atoms with van der Waals surface area (Å²) >= 11 is 0. The van der Waals surface area contributed by atoms with Crippen LogP contribution in [0.1, 0.15) is 30.6 Å². The first-order valence-electron chi connectivity index (χ1n) is 6.19. The molecule has 0 amide bonds.